The van der Waals surface area contributed by atoms with Crippen LogP contribution in [0.1, 0.15) is 55.2 Å². The van der Waals surface area contributed by atoms with Crippen LogP contribution in [0.5, 0.6) is 0 Å². The molecule has 138 valence electrons. The van der Waals surface area contributed by atoms with Crippen molar-refractivity contribution in [2.75, 3.05) is 0 Å². The van der Waals surface area contributed by atoms with Gasteiger partial charge in [-0.25, -0.2) is 9.07 Å². The molecule has 5 nitrogen and oxygen atoms in total. The molecule has 2 aromatic rings. The fraction of sp³-hybridized carbons (Fsp3) is 0.450. The number of nitrogens with one attached hydrogen (secondary N) is 1. The summed E-state index contributed by atoms with van der Waals surface area (Å²) in [6.07, 6.45) is 5.16. The first kappa shape index (κ1) is 18.3. The Morgan fingerprint density at radius 1 is 1.27 bits per heavy atom. The normalized spacial score (nSPS) is 20.0. The molecule has 1 aromatic carbocycles. The van der Waals surface area contributed by atoms with Crippen molar-refractivity contribution in [2.45, 2.75) is 52.0 Å². The zero-order valence-corrected chi connectivity index (χ0v) is 15.2. The molecule has 1 aromatic heterocycles. The predicted octanol–water partition coefficient (Wildman–Crippen LogP) is 3.38. The second-order valence-corrected chi connectivity index (χ2v) is 6.96. The molecule has 0 aliphatic heterocycles. The Bertz CT molecular complexity index is 854. The van der Waals surface area contributed by atoms with Crippen LogP contribution in [0.15, 0.2) is 35.1 Å². The van der Waals surface area contributed by atoms with E-state index in [1.165, 1.54) is 16.8 Å². The summed E-state index contributed by atoms with van der Waals surface area (Å²) in [5.41, 5.74) is 0.0360. The average molecular weight is 357 g/mol. The maximum Gasteiger partial charge on any atom is 0.276 e. The number of hydrogen-bond acceptors (Lipinski definition) is 3. The minimum Gasteiger partial charge on any atom is -0.348 e. The van der Waals surface area contributed by atoms with Gasteiger partial charge < -0.3 is 5.32 Å². The van der Waals surface area contributed by atoms with Crippen molar-refractivity contribution >= 4 is 5.91 Å². The lowest BCUT2D eigenvalue weighted by Gasteiger charge is -2.28. The number of rotatable bonds is 4. The van der Waals surface area contributed by atoms with Crippen LogP contribution in [0, 0.1) is 18.7 Å². The molecule has 0 unspecified atom stereocenters. The van der Waals surface area contributed by atoms with E-state index in [0.717, 1.165) is 38.0 Å². The number of para-hydroxylation sites is 1. The van der Waals surface area contributed by atoms with Crippen LogP contribution >= 0.6 is 0 Å². The molecule has 1 N–H and O–H groups in total. The molecule has 1 heterocycles. The number of aryl methyl sites for hydroxylation is 1. The largest absolute Gasteiger partial charge is 0.348 e. The number of carbonyl (C=O) groups is 1. The fourth-order valence-corrected chi connectivity index (χ4v) is 3.54. The molecule has 1 saturated carbocycles. The standard InChI is InChI=1S/C20H24FN3O2/c1-3-14-8-10-15(11-9-14)22-20(26)19-18(25)12-13(2)24(23-19)17-7-5-4-6-16(17)21/h4-7,12,14-15H,3,8-11H2,1-2H3,(H,22,26). The minimum atomic E-state index is -0.486. The molecule has 1 aliphatic carbocycles. The second kappa shape index (κ2) is 7.81. The van der Waals surface area contributed by atoms with Gasteiger partial charge in [0.05, 0.1) is 0 Å². The molecule has 0 bridgehead atoms. The number of amides is 1. The quantitative estimate of drug-likeness (QED) is 0.912. The Morgan fingerprint density at radius 3 is 2.62 bits per heavy atom. The van der Waals surface area contributed by atoms with Gasteiger partial charge >= 0.3 is 0 Å². The smallest absolute Gasteiger partial charge is 0.276 e. The third-order valence-corrected chi connectivity index (χ3v) is 5.16. The minimum absolute atomic E-state index is 0.0646. The Balaban J connectivity index is 1.84. The van der Waals surface area contributed by atoms with E-state index in [1.54, 1.807) is 25.1 Å². The van der Waals surface area contributed by atoms with E-state index in [2.05, 4.69) is 17.3 Å². The SMILES string of the molecule is CCC1CCC(NC(=O)c2nn(-c3ccccc3F)c(C)cc2=O)CC1. The van der Waals surface area contributed by atoms with Crippen LogP contribution in [0.2, 0.25) is 0 Å². The van der Waals surface area contributed by atoms with Crippen LogP contribution in [-0.4, -0.2) is 21.7 Å². The van der Waals surface area contributed by atoms with Gasteiger partial charge in [0.25, 0.3) is 5.91 Å². The average Bonchev–Trinajstić information content (AvgIpc) is 2.63. The number of aromatic nitrogens is 2. The van der Waals surface area contributed by atoms with Crippen molar-refractivity contribution in [3.8, 4) is 5.69 Å². The van der Waals surface area contributed by atoms with Gasteiger partial charge in [0.15, 0.2) is 5.69 Å². The molecule has 0 atom stereocenters. The summed E-state index contributed by atoms with van der Waals surface area (Å²) in [5, 5.41) is 7.08. The van der Waals surface area contributed by atoms with E-state index >= 15 is 0 Å². The van der Waals surface area contributed by atoms with Crippen molar-refractivity contribution in [3.63, 3.8) is 0 Å². The molecule has 0 spiro atoms. The number of nitrogens with zero attached hydrogens (tertiary/aromatic N) is 2. The summed E-state index contributed by atoms with van der Waals surface area (Å²) in [7, 11) is 0. The van der Waals surface area contributed by atoms with Crippen LogP contribution in [0.4, 0.5) is 4.39 Å². The molecule has 0 radical (unpaired) electrons. The summed E-state index contributed by atoms with van der Waals surface area (Å²) in [6, 6.07) is 7.53. The summed E-state index contributed by atoms with van der Waals surface area (Å²) < 4.78 is 15.4. The molecule has 3 rings (SSSR count). The Hall–Kier alpha value is -2.50. The van der Waals surface area contributed by atoms with E-state index in [9.17, 15) is 14.0 Å². The molecule has 0 saturated heterocycles. The number of benzene rings is 1. The van der Waals surface area contributed by atoms with Gasteiger partial charge in [-0.2, -0.15) is 5.10 Å². The third-order valence-electron chi connectivity index (χ3n) is 5.16. The predicted molar refractivity (Wildman–Crippen MR) is 98.0 cm³/mol. The number of hydrogen-bond donors (Lipinski definition) is 1. The molecule has 1 amide bonds. The van der Waals surface area contributed by atoms with Crippen LogP contribution in [-0.2, 0) is 0 Å². The van der Waals surface area contributed by atoms with E-state index in [-0.39, 0.29) is 17.4 Å². The Kier molecular flexibility index (Phi) is 5.49. The van der Waals surface area contributed by atoms with E-state index in [1.807, 2.05) is 0 Å². The van der Waals surface area contributed by atoms with Gasteiger partial charge in [-0.3, -0.25) is 9.59 Å². The van der Waals surface area contributed by atoms with Gasteiger partial charge in [0, 0.05) is 17.8 Å². The monoisotopic (exact) mass is 357 g/mol. The first-order valence-corrected chi connectivity index (χ1v) is 9.16. The van der Waals surface area contributed by atoms with Gasteiger partial charge in [0.1, 0.15) is 11.5 Å². The van der Waals surface area contributed by atoms with E-state index < -0.39 is 17.2 Å². The highest BCUT2D eigenvalue weighted by Crippen LogP contribution is 2.26. The maximum atomic E-state index is 14.1. The molecule has 1 aliphatic rings. The van der Waals surface area contributed by atoms with Crippen molar-refractivity contribution in [3.05, 3.63) is 57.8 Å². The second-order valence-electron chi connectivity index (χ2n) is 6.96. The van der Waals surface area contributed by atoms with Crippen molar-refractivity contribution < 1.29 is 9.18 Å². The lowest BCUT2D eigenvalue weighted by molar-refractivity contribution is 0.0913. The van der Waals surface area contributed by atoms with E-state index in [0.29, 0.717) is 5.69 Å². The number of carbonyl (C=O) groups excluding carboxylic acids is 1. The Morgan fingerprint density at radius 2 is 1.96 bits per heavy atom. The zero-order chi connectivity index (χ0) is 18.7. The van der Waals surface area contributed by atoms with E-state index in [4.69, 9.17) is 0 Å². The summed E-state index contributed by atoms with van der Waals surface area (Å²) >= 11 is 0. The molecule has 26 heavy (non-hydrogen) atoms. The Labute approximate surface area is 152 Å². The van der Waals surface area contributed by atoms with Crippen LogP contribution < -0.4 is 10.7 Å². The first-order valence-electron chi connectivity index (χ1n) is 9.16. The van der Waals surface area contributed by atoms with Gasteiger partial charge in [-0.1, -0.05) is 25.5 Å². The maximum absolute atomic E-state index is 14.1. The lowest BCUT2D eigenvalue weighted by atomic mass is 9.84. The van der Waals surface area contributed by atoms with Gasteiger partial charge in [0.2, 0.25) is 5.43 Å². The topological polar surface area (TPSA) is 64.0 Å². The van der Waals surface area contributed by atoms with Crippen LogP contribution in [0.25, 0.3) is 5.69 Å². The summed E-state index contributed by atoms with van der Waals surface area (Å²) in [4.78, 5) is 24.8. The summed E-state index contributed by atoms with van der Waals surface area (Å²) in [5.74, 6) is -0.227. The lowest BCUT2D eigenvalue weighted by Crippen LogP contribution is -2.40. The molecule has 1 fully saturated rings. The zero-order valence-electron chi connectivity index (χ0n) is 15.2. The summed E-state index contributed by atoms with van der Waals surface area (Å²) in [6.45, 7) is 3.85. The third kappa shape index (κ3) is 3.84. The molecule has 6 heteroatoms. The fourth-order valence-electron chi connectivity index (χ4n) is 3.54. The van der Waals surface area contributed by atoms with Crippen molar-refractivity contribution in [2.24, 2.45) is 5.92 Å². The van der Waals surface area contributed by atoms with Gasteiger partial charge in [-0.05, 0) is 50.7 Å². The number of halogens is 1. The first-order chi connectivity index (χ1) is 12.5. The van der Waals surface area contributed by atoms with Crippen molar-refractivity contribution in [1.29, 1.82) is 0 Å². The highest BCUT2D eigenvalue weighted by Gasteiger charge is 2.24. The highest BCUT2D eigenvalue weighted by molar-refractivity contribution is 5.92. The highest BCUT2D eigenvalue weighted by atomic mass is 19.1. The molecular weight excluding hydrogens is 333 g/mol. The van der Waals surface area contributed by atoms with Crippen LogP contribution in [0.3, 0.4) is 0 Å². The van der Waals surface area contributed by atoms with Gasteiger partial charge in [-0.15, -0.1) is 0 Å². The van der Waals surface area contributed by atoms with Crippen molar-refractivity contribution in [1.82, 2.24) is 15.1 Å². The molecular formula is C20H24FN3O2.